The van der Waals surface area contributed by atoms with Crippen LogP contribution in [0.5, 0.6) is 5.75 Å². The van der Waals surface area contributed by atoms with Crippen LogP contribution in [0.15, 0.2) is 49.1 Å². The predicted octanol–water partition coefficient (Wildman–Crippen LogP) is 6.75. The van der Waals surface area contributed by atoms with E-state index >= 15 is 0 Å². The number of aryl methyl sites for hydroxylation is 1. The van der Waals surface area contributed by atoms with Crippen molar-refractivity contribution in [1.29, 1.82) is 5.26 Å². The van der Waals surface area contributed by atoms with Crippen LogP contribution >= 0.6 is 11.6 Å². The molecule has 2 amide bonds. The molecule has 0 atom stereocenters. The molecule has 1 N–H and O–H groups in total. The molecule has 3 fully saturated rings. The molecule has 1 aliphatic carbocycles. The number of halogens is 1. The number of carbonyl (C=O) groups excluding carboxylic acids is 2. The van der Waals surface area contributed by atoms with Crippen LogP contribution in [0.25, 0.3) is 0 Å². The molecule has 7 heterocycles. The van der Waals surface area contributed by atoms with E-state index < -0.39 is 0 Å². The molecule has 2 saturated heterocycles. The Kier molecular flexibility index (Phi) is 11.4. The lowest BCUT2D eigenvalue weighted by atomic mass is 9.49. The average Bonchev–Trinajstić information content (AvgIpc) is 3.66. The Bertz CT molecular complexity index is 2340. The zero-order valence-corrected chi connectivity index (χ0v) is 37.4. The number of anilines is 3. The van der Waals surface area contributed by atoms with Gasteiger partial charge in [-0.25, -0.2) is 9.97 Å². The van der Waals surface area contributed by atoms with Crippen LogP contribution in [0.1, 0.15) is 106 Å². The number of nitrogens with zero attached hydrogens (tertiary/aromatic N) is 10. The number of hydrogen-bond donors (Lipinski definition) is 1. The van der Waals surface area contributed by atoms with Gasteiger partial charge < -0.3 is 29.7 Å². The maximum Gasteiger partial charge on any atom is 0.254 e. The van der Waals surface area contributed by atoms with E-state index in [1.54, 1.807) is 37.5 Å². The Morgan fingerprint density at radius 3 is 2.39 bits per heavy atom. The highest BCUT2D eigenvalue weighted by atomic mass is 35.5. The smallest absolute Gasteiger partial charge is 0.254 e. The fourth-order valence-electron chi connectivity index (χ4n) is 11.3. The summed E-state index contributed by atoms with van der Waals surface area (Å²) < 4.78 is 8.74. The minimum atomic E-state index is -0.371. The van der Waals surface area contributed by atoms with Crippen LogP contribution in [-0.2, 0) is 24.2 Å². The van der Waals surface area contributed by atoms with Crippen molar-refractivity contribution < 1.29 is 14.3 Å². The van der Waals surface area contributed by atoms with E-state index in [1.807, 2.05) is 17.3 Å². The number of nitrogens with one attached hydrogen (secondary N) is 1. The minimum absolute atomic E-state index is 0.121. The third-order valence-corrected chi connectivity index (χ3v) is 14.7. The molecule has 62 heavy (non-hydrogen) atoms. The van der Waals surface area contributed by atoms with E-state index in [1.165, 1.54) is 22.5 Å². The Morgan fingerprint density at radius 2 is 1.69 bits per heavy atom. The van der Waals surface area contributed by atoms with Gasteiger partial charge in [0.05, 0.1) is 28.7 Å². The highest BCUT2D eigenvalue weighted by Crippen LogP contribution is 2.55. The summed E-state index contributed by atoms with van der Waals surface area (Å²) in [6.07, 6.45) is 14.2. The summed E-state index contributed by atoms with van der Waals surface area (Å²) in [7, 11) is 0. The number of nitriles is 1. The number of pyridine rings is 1. The summed E-state index contributed by atoms with van der Waals surface area (Å²) in [6, 6.07) is 9.48. The van der Waals surface area contributed by atoms with Crippen LogP contribution in [0.2, 0.25) is 5.02 Å². The second kappa shape index (κ2) is 16.8. The van der Waals surface area contributed by atoms with Gasteiger partial charge in [-0.1, -0.05) is 39.3 Å². The van der Waals surface area contributed by atoms with Gasteiger partial charge in [0.25, 0.3) is 5.91 Å². The number of ether oxygens (including phenoxy) is 1. The van der Waals surface area contributed by atoms with Crippen molar-refractivity contribution >= 4 is 40.9 Å². The van der Waals surface area contributed by atoms with Gasteiger partial charge in [0, 0.05) is 124 Å². The number of benzene rings is 1. The number of amides is 2. The number of fused-ring (bicyclic) bond motifs is 2. The van der Waals surface area contributed by atoms with Crippen LogP contribution in [0.3, 0.4) is 0 Å². The molecule has 15 heteroatoms. The number of rotatable bonds is 9. The second-order valence-corrected chi connectivity index (χ2v) is 19.6. The maximum atomic E-state index is 13.5. The van der Waals surface area contributed by atoms with Gasteiger partial charge in [-0.05, 0) is 68.2 Å². The van der Waals surface area contributed by atoms with E-state index in [2.05, 4.69) is 79.5 Å². The first-order valence-corrected chi connectivity index (χ1v) is 22.7. The first kappa shape index (κ1) is 42.1. The Morgan fingerprint density at radius 1 is 0.952 bits per heavy atom. The lowest BCUT2D eigenvalue weighted by Gasteiger charge is -2.63. The van der Waals surface area contributed by atoms with Crippen molar-refractivity contribution in [3.63, 3.8) is 0 Å². The van der Waals surface area contributed by atoms with Crippen LogP contribution in [-0.4, -0.2) is 104 Å². The van der Waals surface area contributed by atoms with Gasteiger partial charge in [0.1, 0.15) is 17.9 Å². The Balaban J connectivity index is 0.766. The van der Waals surface area contributed by atoms with E-state index in [4.69, 9.17) is 21.4 Å². The molecule has 326 valence electrons. The lowest BCUT2D eigenvalue weighted by molar-refractivity contribution is -0.164. The topological polar surface area (TPSA) is 149 Å². The van der Waals surface area contributed by atoms with Gasteiger partial charge >= 0.3 is 0 Å². The normalized spacial score (nSPS) is 22.6. The molecule has 9 rings (SSSR count). The maximum absolute atomic E-state index is 13.5. The molecule has 4 aromatic rings. The lowest BCUT2D eigenvalue weighted by Crippen LogP contribution is -2.74. The van der Waals surface area contributed by atoms with E-state index in [0.717, 1.165) is 96.6 Å². The summed E-state index contributed by atoms with van der Waals surface area (Å²) in [6.45, 7) is 17.3. The van der Waals surface area contributed by atoms with Gasteiger partial charge in [-0.2, -0.15) is 10.4 Å². The van der Waals surface area contributed by atoms with Crippen molar-refractivity contribution in [2.24, 2.45) is 16.7 Å². The zero-order chi connectivity index (χ0) is 43.3. The zero-order valence-electron chi connectivity index (χ0n) is 36.6. The van der Waals surface area contributed by atoms with Crippen molar-refractivity contribution in [1.82, 2.24) is 39.8 Å². The largest absolute Gasteiger partial charge is 0.489 e. The monoisotopic (exact) mass is 859 g/mol. The number of aromatic nitrogens is 5. The first-order chi connectivity index (χ1) is 29.8. The van der Waals surface area contributed by atoms with Crippen LogP contribution < -0.4 is 19.9 Å². The molecule has 5 aliphatic rings. The number of carbonyl (C=O) groups is 2. The molecule has 4 aliphatic heterocycles. The van der Waals surface area contributed by atoms with E-state index in [-0.39, 0.29) is 34.8 Å². The Hall–Kier alpha value is -5.26. The summed E-state index contributed by atoms with van der Waals surface area (Å²) in [5, 5.41) is 18.2. The summed E-state index contributed by atoms with van der Waals surface area (Å²) in [5.74, 6) is 2.81. The van der Waals surface area contributed by atoms with Gasteiger partial charge in [0.2, 0.25) is 11.9 Å². The minimum Gasteiger partial charge on any atom is -0.489 e. The standard InChI is InChI=1S/C47H58ClN11O3/c1-30(60)57-22-15-40-37(29-57)41(58-17-6-7-33-25-50-16-10-39(33)58)54-59(40)35-13-18-55(19-14-35)28-31-11-20-56(21-12-31)45-51-26-34(27-52-45)42(61)53-43-46(2,3)44(47(43,4)5)62-36-9-8-32(24-49)38(48)23-36/h8-10,16,23,25-27,31,35,43-44H,6-7,11-15,17-22,28-29H2,1-5H3,(H,53,61). The van der Waals surface area contributed by atoms with Crippen molar-refractivity contribution in [3.05, 3.63) is 82.0 Å². The van der Waals surface area contributed by atoms with E-state index in [9.17, 15) is 14.9 Å². The first-order valence-electron chi connectivity index (χ1n) is 22.3. The van der Waals surface area contributed by atoms with Crippen molar-refractivity contribution in [2.45, 2.75) is 104 Å². The second-order valence-electron chi connectivity index (χ2n) is 19.2. The number of hydrogen-bond acceptors (Lipinski definition) is 11. The molecule has 0 bridgehead atoms. The van der Waals surface area contributed by atoms with Crippen molar-refractivity contribution in [3.8, 4) is 11.8 Å². The summed E-state index contributed by atoms with van der Waals surface area (Å²) in [5.41, 5.74) is 5.06. The molecule has 1 saturated carbocycles. The SMILES string of the molecule is CC(=O)N1CCc2c(c(N3CCCc4cnccc43)nn2C2CCN(CC3CCN(c4ncc(C(=O)NC5C(C)(C)C(Oc6ccc(C#N)c(Cl)c6)C5(C)C)cn4)CC3)CC2)C1. The number of likely N-dealkylation sites (tertiary alicyclic amines) is 1. The molecule has 0 radical (unpaired) electrons. The fraction of sp³-hybridized carbons (Fsp3) is 0.553. The molecular weight excluding hydrogens is 802 g/mol. The third kappa shape index (κ3) is 7.87. The molecule has 0 unspecified atom stereocenters. The molecule has 0 spiro atoms. The van der Waals surface area contributed by atoms with Gasteiger partial charge in [-0.15, -0.1) is 0 Å². The van der Waals surface area contributed by atoms with Crippen LogP contribution in [0.4, 0.5) is 17.5 Å². The highest BCUT2D eigenvalue weighted by molar-refractivity contribution is 6.31. The highest BCUT2D eigenvalue weighted by Gasteiger charge is 2.64. The Labute approximate surface area is 369 Å². The third-order valence-electron chi connectivity index (χ3n) is 14.4. The molecule has 14 nitrogen and oxygen atoms in total. The molecular formula is C47H58ClN11O3. The predicted molar refractivity (Wildman–Crippen MR) is 238 cm³/mol. The van der Waals surface area contributed by atoms with Crippen LogP contribution in [0, 0.1) is 28.1 Å². The van der Waals surface area contributed by atoms with Crippen molar-refractivity contribution in [2.75, 3.05) is 55.6 Å². The van der Waals surface area contributed by atoms with Gasteiger partial charge in [-0.3, -0.25) is 19.3 Å². The number of piperidine rings is 2. The van der Waals surface area contributed by atoms with Gasteiger partial charge in [0.15, 0.2) is 5.82 Å². The average molecular weight is 861 g/mol. The molecule has 3 aromatic heterocycles. The summed E-state index contributed by atoms with van der Waals surface area (Å²) >= 11 is 6.27. The van der Waals surface area contributed by atoms with E-state index in [0.29, 0.717) is 46.4 Å². The summed E-state index contributed by atoms with van der Waals surface area (Å²) in [4.78, 5) is 48.9. The molecule has 1 aromatic carbocycles. The quantitative estimate of drug-likeness (QED) is 0.191. The fourth-order valence-corrected chi connectivity index (χ4v) is 11.5.